The smallest absolute Gasteiger partial charge is 0.265 e. The highest BCUT2D eigenvalue weighted by molar-refractivity contribution is 7.89. The Kier molecular flexibility index (Phi) is 3.29. The Balaban J connectivity index is 3.59. The number of pyridine rings is 1. The van der Waals surface area contributed by atoms with Gasteiger partial charge in [-0.15, -0.1) is 0 Å². The predicted molar refractivity (Wildman–Crippen MR) is 51.5 cm³/mol. The van der Waals surface area contributed by atoms with E-state index in [1.165, 1.54) is 7.11 Å². The van der Waals surface area contributed by atoms with E-state index < -0.39 is 32.7 Å². The van der Waals surface area contributed by atoms with Crippen LogP contribution < -0.4 is 15.6 Å². The van der Waals surface area contributed by atoms with Crippen LogP contribution in [-0.2, 0) is 10.0 Å². The van der Waals surface area contributed by atoms with Gasteiger partial charge in [0.05, 0.1) is 7.11 Å². The van der Waals surface area contributed by atoms with Crippen molar-refractivity contribution in [3.63, 3.8) is 0 Å². The first kappa shape index (κ1) is 12.6. The number of aromatic nitrogens is 1. The number of hydrogen-bond acceptors (Lipinski definition) is 5. The van der Waals surface area contributed by atoms with E-state index in [-0.39, 0.29) is 5.88 Å². The van der Waals surface area contributed by atoms with Crippen LogP contribution in [0.5, 0.6) is 5.88 Å². The molecule has 1 heterocycles. The minimum Gasteiger partial charge on any atom is -0.481 e. The van der Waals surface area contributed by atoms with Crippen molar-refractivity contribution in [2.45, 2.75) is 11.3 Å². The lowest BCUT2D eigenvalue weighted by Crippen LogP contribution is -2.18. The molecule has 9 heteroatoms. The third kappa shape index (κ3) is 2.36. The number of nitrogen functional groups attached to an aromatic ring is 1. The van der Waals surface area contributed by atoms with Crippen molar-refractivity contribution in [3.8, 4) is 5.88 Å². The number of hydrogen-bond donors (Lipinski definition) is 2. The Labute approximate surface area is 90.3 Å². The largest absolute Gasteiger partial charge is 0.481 e. The molecule has 4 N–H and O–H groups in total. The molecule has 0 bridgehead atoms. The van der Waals surface area contributed by atoms with Crippen molar-refractivity contribution in [2.24, 2.45) is 5.14 Å². The SMILES string of the molecule is COc1cc(C(F)F)c(S(N)(=O)=O)c(N)n1. The quantitative estimate of drug-likeness (QED) is 0.803. The van der Waals surface area contributed by atoms with Crippen LogP contribution in [0.25, 0.3) is 0 Å². The predicted octanol–water partition coefficient (Wildman–Crippen LogP) is 0.257. The molecule has 0 aromatic carbocycles. The molecule has 0 saturated heterocycles. The molecule has 6 nitrogen and oxygen atoms in total. The second-order valence-corrected chi connectivity index (χ2v) is 4.31. The van der Waals surface area contributed by atoms with E-state index in [1.807, 2.05) is 0 Å². The first-order valence-electron chi connectivity index (χ1n) is 3.92. The van der Waals surface area contributed by atoms with E-state index in [0.29, 0.717) is 0 Å². The first-order valence-corrected chi connectivity index (χ1v) is 5.47. The Morgan fingerprint density at radius 2 is 2.06 bits per heavy atom. The average molecular weight is 253 g/mol. The van der Waals surface area contributed by atoms with E-state index in [0.717, 1.165) is 6.07 Å². The number of sulfonamides is 1. The highest BCUT2D eigenvalue weighted by atomic mass is 32.2. The first-order chi connectivity index (χ1) is 7.27. The molecule has 0 saturated carbocycles. The summed E-state index contributed by atoms with van der Waals surface area (Å²) in [6.45, 7) is 0. The minimum absolute atomic E-state index is 0.208. The molecule has 0 unspecified atom stereocenters. The van der Waals surface area contributed by atoms with Gasteiger partial charge in [0.15, 0.2) is 0 Å². The molecule has 0 aliphatic rings. The van der Waals surface area contributed by atoms with Gasteiger partial charge in [0.25, 0.3) is 6.43 Å². The zero-order valence-corrected chi connectivity index (χ0v) is 8.96. The Hall–Kier alpha value is -1.48. The van der Waals surface area contributed by atoms with Crippen molar-refractivity contribution in [1.29, 1.82) is 0 Å². The molecular weight excluding hydrogens is 244 g/mol. The monoisotopic (exact) mass is 253 g/mol. The maximum absolute atomic E-state index is 12.6. The lowest BCUT2D eigenvalue weighted by Gasteiger charge is -2.10. The highest BCUT2D eigenvalue weighted by Gasteiger charge is 2.25. The fraction of sp³-hybridized carbons (Fsp3) is 0.286. The van der Waals surface area contributed by atoms with Gasteiger partial charge < -0.3 is 10.5 Å². The fourth-order valence-corrected chi connectivity index (χ4v) is 1.94. The lowest BCUT2D eigenvalue weighted by molar-refractivity contribution is 0.147. The molecule has 0 radical (unpaired) electrons. The molecule has 0 aliphatic heterocycles. The second kappa shape index (κ2) is 4.18. The van der Waals surface area contributed by atoms with Gasteiger partial charge in [-0.3, -0.25) is 0 Å². The number of anilines is 1. The number of alkyl halides is 2. The molecule has 1 rings (SSSR count). The Morgan fingerprint density at radius 1 is 1.50 bits per heavy atom. The summed E-state index contributed by atoms with van der Waals surface area (Å²) in [6, 6.07) is 0.779. The molecule has 1 aromatic heterocycles. The topological polar surface area (TPSA) is 108 Å². The molecule has 0 atom stereocenters. The molecular formula is C7H9F2N3O3S. The van der Waals surface area contributed by atoms with Crippen LogP contribution in [0.1, 0.15) is 12.0 Å². The van der Waals surface area contributed by atoms with Gasteiger partial charge in [0.1, 0.15) is 10.7 Å². The lowest BCUT2D eigenvalue weighted by atomic mass is 10.2. The molecule has 0 fully saturated rings. The van der Waals surface area contributed by atoms with Gasteiger partial charge in [-0.1, -0.05) is 0 Å². The molecule has 0 spiro atoms. The maximum Gasteiger partial charge on any atom is 0.265 e. The molecule has 16 heavy (non-hydrogen) atoms. The second-order valence-electron chi connectivity index (χ2n) is 2.81. The number of ether oxygens (including phenoxy) is 1. The minimum atomic E-state index is -4.36. The standard InChI is InChI=1S/C7H9F2N3O3S/c1-15-4-2-3(6(8)9)5(7(10)12-4)16(11,13)14/h2,6H,1H3,(H2,10,12)(H2,11,13,14). The highest BCUT2D eigenvalue weighted by Crippen LogP contribution is 2.31. The molecule has 0 amide bonds. The summed E-state index contributed by atoms with van der Waals surface area (Å²) in [6.07, 6.45) is -3.05. The van der Waals surface area contributed by atoms with E-state index in [2.05, 4.69) is 9.72 Å². The van der Waals surface area contributed by atoms with Crippen molar-refractivity contribution in [2.75, 3.05) is 12.8 Å². The van der Waals surface area contributed by atoms with E-state index >= 15 is 0 Å². The number of primary sulfonamides is 1. The molecule has 1 aromatic rings. The zero-order valence-electron chi connectivity index (χ0n) is 8.15. The number of nitrogens with zero attached hydrogens (tertiary/aromatic N) is 1. The van der Waals surface area contributed by atoms with Crippen molar-refractivity contribution < 1.29 is 21.9 Å². The fourth-order valence-electron chi connectivity index (χ4n) is 1.12. The van der Waals surface area contributed by atoms with Crippen LogP contribution in [-0.4, -0.2) is 20.5 Å². The summed E-state index contributed by atoms with van der Waals surface area (Å²) in [5.41, 5.74) is 4.41. The van der Waals surface area contributed by atoms with Gasteiger partial charge in [-0.2, -0.15) is 4.98 Å². The molecule has 0 aliphatic carbocycles. The summed E-state index contributed by atoms with van der Waals surface area (Å²) in [4.78, 5) is 2.59. The van der Waals surface area contributed by atoms with Crippen LogP contribution >= 0.6 is 0 Å². The van der Waals surface area contributed by atoms with Gasteiger partial charge in [-0.25, -0.2) is 22.3 Å². The van der Waals surface area contributed by atoms with Crippen molar-refractivity contribution in [3.05, 3.63) is 11.6 Å². The van der Waals surface area contributed by atoms with Crippen LogP contribution in [0.3, 0.4) is 0 Å². The van der Waals surface area contributed by atoms with E-state index in [4.69, 9.17) is 10.9 Å². The van der Waals surface area contributed by atoms with Crippen LogP contribution in [0.2, 0.25) is 0 Å². The van der Waals surface area contributed by atoms with E-state index in [1.54, 1.807) is 0 Å². The van der Waals surface area contributed by atoms with Gasteiger partial charge >= 0.3 is 0 Å². The van der Waals surface area contributed by atoms with Crippen molar-refractivity contribution >= 4 is 15.8 Å². The van der Waals surface area contributed by atoms with Crippen LogP contribution in [0.15, 0.2) is 11.0 Å². The average Bonchev–Trinajstić information content (AvgIpc) is 2.14. The van der Waals surface area contributed by atoms with Crippen molar-refractivity contribution in [1.82, 2.24) is 4.98 Å². The Morgan fingerprint density at radius 3 is 2.44 bits per heavy atom. The summed E-state index contributed by atoms with van der Waals surface area (Å²) < 4.78 is 51.9. The van der Waals surface area contributed by atoms with Gasteiger partial charge in [-0.05, 0) is 0 Å². The number of methoxy groups -OCH3 is 1. The van der Waals surface area contributed by atoms with E-state index in [9.17, 15) is 17.2 Å². The van der Waals surface area contributed by atoms with Crippen LogP contribution in [0, 0.1) is 0 Å². The Bertz CT molecular complexity index is 504. The number of nitrogens with two attached hydrogens (primary N) is 2. The summed E-state index contributed by atoms with van der Waals surface area (Å²) in [7, 11) is -3.17. The summed E-state index contributed by atoms with van der Waals surface area (Å²) in [5, 5.41) is 4.77. The van der Waals surface area contributed by atoms with Gasteiger partial charge in [0.2, 0.25) is 15.9 Å². The summed E-state index contributed by atoms with van der Waals surface area (Å²) in [5.74, 6) is -0.822. The normalized spacial score (nSPS) is 11.8. The number of halogens is 2. The van der Waals surface area contributed by atoms with Crippen LogP contribution in [0.4, 0.5) is 14.6 Å². The third-order valence-corrected chi connectivity index (χ3v) is 2.75. The number of rotatable bonds is 3. The maximum atomic E-state index is 12.6. The third-order valence-electron chi connectivity index (χ3n) is 1.73. The summed E-state index contributed by atoms with van der Waals surface area (Å²) >= 11 is 0. The zero-order chi connectivity index (χ0) is 12.5. The van der Waals surface area contributed by atoms with Gasteiger partial charge in [0, 0.05) is 11.6 Å². The molecule has 90 valence electrons.